The van der Waals surface area contributed by atoms with E-state index in [0.29, 0.717) is 44.3 Å². The number of hydrogen-bond donors (Lipinski definition) is 2. The molecule has 15 heteroatoms. The number of benzene rings is 4. The molecule has 1 unspecified atom stereocenters. The summed E-state index contributed by atoms with van der Waals surface area (Å²) in [5, 5.41) is 3.14. The van der Waals surface area contributed by atoms with Gasteiger partial charge in [-0.3, -0.25) is 4.79 Å². The predicted octanol–water partition coefficient (Wildman–Crippen LogP) is 9.87. The van der Waals surface area contributed by atoms with Gasteiger partial charge in [-0.25, -0.2) is 18.8 Å². The Morgan fingerprint density at radius 2 is 1.48 bits per heavy atom. The molecule has 0 bridgehead atoms. The third-order valence-corrected chi connectivity index (χ3v) is 11.4. The number of nitrogens with zero attached hydrogens (tertiary/aromatic N) is 2. The summed E-state index contributed by atoms with van der Waals surface area (Å²) in [7, 11) is 0. The first-order chi connectivity index (χ1) is 30.8. The number of nitrogens with two attached hydrogens (primary N) is 1. The minimum atomic E-state index is -0.862. The first-order valence-corrected chi connectivity index (χ1v) is 22.4. The number of halogens is 2. The maximum Gasteiger partial charge on any atom is 0.410 e. The SMILES string of the molecule is CC(C)(C)OC(=O)NC1CCC(N(CC(c2ccccc2)c2ccc(Cl)c(-c3c(C(N)=O)ccc(OCCOC4CN(C(=O)OCc5ccccc5)C4)c3F)c2)C(=O)OC(C)(C)C)CC1. The highest BCUT2D eigenvalue weighted by Gasteiger charge is 2.36. The van der Waals surface area contributed by atoms with Gasteiger partial charge < -0.3 is 44.5 Å². The third-order valence-electron chi connectivity index (χ3n) is 11.1. The van der Waals surface area contributed by atoms with Crippen LogP contribution in [0.15, 0.2) is 91.0 Å². The van der Waals surface area contributed by atoms with Crippen molar-refractivity contribution in [1.82, 2.24) is 15.1 Å². The van der Waals surface area contributed by atoms with Crippen LogP contribution in [0.2, 0.25) is 5.02 Å². The zero-order valence-electron chi connectivity index (χ0n) is 37.9. The van der Waals surface area contributed by atoms with Crippen LogP contribution in [0.1, 0.15) is 100 Å². The van der Waals surface area contributed by atoms with E-state index in [-0.39, 0.29) is 72.0 Å². The predicted molar refractivity (Wildman–Crippen MR) is 245 cm³/mol. The number of carbonyl (C=O) groups excluding carboxylic acids is 4. The van der Waals surface area contributed by atoms with E-state index in [1.165, 1.54) is 17.0 Å². The molecule has 1 heterocycles. The van der Waals surface area contributed by atoms with Crippen LogP contribution in [-0.2, 0) is 25.6 Å². The van der Waals surface area contributed by atoms with Crippen molar-refractivity contribution in [2.45, 2.75) is 109 Å². The molecule has 1 aliphatic heterocycles. The van der Waals surface area contributed by atoms with Gasteiger partial charge >= 0.3 is 18.3 Å². The van der Waals surface area contributed by atoms with Crippen LogP contribution < -0.4 is 15.8 Å². The fraction of sp³-hybridized carbons (Fsp3) is 0.440. The molecule has 1 atom stereocenters. The normalized spacial score (nSPS) is 17.0. The molecule has 0 radical (unpaired) electrons. The van der Waals surface area contributed by atoms with Crippen molar-refractivity contribution >= 4 is 35.8 Å². The quantitative estimate of drug-likeness (QED) is 0.0875. The third kappa shape index (κ3) is 13.6. The van der Waals surface area contributed by atoms with E-state index in [2.05, 4.69) is 5.32 Å². The second-order valence-electron chi connectivity index (χ2n) is 18.4. The molecule has 4 aromatic rings. The first-order valence-electron chi connectivity index (χ1n) is 22.0. The Morgan fingerprint density at radius 3 is 2.11 bits per heavy atom. The van der Waals surface area contributed by atoms with Crippen molar-refractivity contribution in [3.8, 4) is 16.9 Å². The molecule has 1 saturated carbocycles. The highest BCUT2D eigenvalue weighted by Crippen LogP contribution is 2.40. The Balaban J connectivity index is 1.19. The number of hydrogen-bond acceptors (Lipinski definition) is 9. The highest BCUT2D eigenvalue weighted by molar-refractivity contribution is 6.33. The summed E-state index contributed by atoms with van der Waals surface area (Å²) in [6.45, 7) is 12.0. The molecular formula is C50H60ClFN4O9. The Labute approximate surface area is 385 Å². The molecule has 2 fully saturated rings. The molecule has 4 amide bonds. The van der Waals surface area contributed by atoms with E-state index in [4.69, 9.17) is 41.0 Å². The van der Waals surface area contributed by atoms with E-state index in [9.17, 15) is 19.2 Å². The summed E-state index contributed by atoms with van der Waals surface area (Å²) >= 11 is 6.85. The van der Waals surface area contributed by atoms with Crippen molar-refractivity contribution in [2.75, 3.05) is 32.8 Å². The molecule has 2 aliphatic rings. The molecule has 0 spiro atoms. The number of rotatable bonds is 15. The topological polar surface area (TPSA) is 159 Å². The molecule has 6 rings (SSSR count). The van der Waals surface area contributed by atoms with E-state index in [1.54, 1.807) is 17.0 Å². The lowest BCUT2D eigenvalue weighted by Gasteiger charge is -2.39. The van der Waals surface area contributed by atoms with Gasteiger partial charge in [0.2, 0.25) is 5.91 Å². The zero-order valence-corrected chi connectivity index (χ0v) is 38.7. The standard InChI is InChI=1S/C50H60ClFN4O9/c1-49(2,3)64-46(58)54-35-18-20-36(21-19-35)56(48(60)65-50(4,5)6)30-40(33-15-11-8-12-16-33)34-17-23-41(51)39(27-34)43-38(45(53)57)22-24-42(44(43)52)62-26-25-61-37-28-55(29-37)47(59)63-31-32-13-9-7-10-14-32/h7-17,22-24,27,35-37,40H,18-21,25-26,28-31H2,1-6H3,(H2,53,57)(H,54,58). The second kappa shape index (κ2) is 21.4. The number of carbonyl (C=O) groups is 4. The summed E-state index contributed by atoms with van der Waals surface area (Å²) in [5.74, 6) is -2.29. The number of likely N-dealkylation sites (tertiary alicyclic amines) is 1. The maximum atomic E-state index is 16.7. The van der Waals surface area contributed by atoms with Crippen LogP contribution in [0.5, 0.6) is 5.75 Å². The first kappa shape index (κ1) is 48.6. The number of alkyl carbamates (subject to hydrolysis) is 1. The Hall–Kier alpha value is -5.86. The van der Waals surface area contributed by atoms with Crippen molar-refractivity contribution in [1.29, 1.82) is 0 Å². The summed E-state index contributed by atoms with van der Waals surface area (Å²) in [6, 6.07) is 26.6. The fourth-order valence-electron chi connectivity index (χ4n) is 7.94. The number of nitrogens with one attached hydrogen (secondary N) is 1. The van der Waals surface area contributed by atoms with Gasteiger partial charge in [0.25, 0.3) is 0 Å². The summed E-state index contributed by atoms with van der Waals surface area (Å²) in [6.07, 6.45) is 0.810. The molecule has 1 aliphatic carbocycles. The molecular weight excluding hydrogens is 855 g/mol. The average Bonchev–Trinajstić information content (AvgIpc) is 3.23. The molecule has 13 nitrogen and oxygen atoms in total. The minimum absolute atomic E-state index is 0.0232. The van der Waals surface area contributed by atoms with Gasteiger partial charge in [0.15, 0.2) is 11.6 Å². The molecule has 0 aromatic heterocycles. The largest absolute Gasteiger partial charge is 0.488 e. The zero-order chi connectivity index (χ0) is 46.9. The van der Waals surface area contributed by atoms with Gasteiger partial charge in [-0.2, -0.15) is 0 Å². The van der Waals surface area contributed by atoms with Crippen molar-refractivity contribution in [2.24, 2.45) is 5.73 Å². The highest BCUT2D eigenvalue weighted by atomic mass is 35.5. The van der Waals surface area contributed by atoms with Crippen LogP contribution in [0.4, 0.5) is 18.8 Å². The number of primary amides is 1. The second-order valence-corrected chi connectivity index (χ2v) is 18.8. The molecule has 1 saturated heterocycles. The van der Waals surface area contributed by atoms with Crippen LogP contribution in [0, 0.1) is 5.82 Å². The van der Waals surface area contributed by atoms with E-state index in [0.717, 1.165) is 11.1 Å². The molecule has 65 heavy (non-hydrogen) atoms. The van der Waals surface area contributed by atoms with Gasteiger partial charge in [-0.1, -0.05) is 78.3 Å². The molecule has 4 aromatic carbocycles. The summed E-state index contributed by atoms with van der Waals surface area (Å²) < 4.78 is 45.3. The Bertz CT molecular complexity index is 2270. The summed E-state index contributed by atoms with van der Waals surface area (Å²) in [5.41, 5.74) is 6.87. The number of ether oxygens (including phenoxy) is 5. The minimum Gasteiger partial charge on any atom is -0.488 e. The van der Waals surface area contributed by atoms with E-state index in [1.807, 2.05) is 108 Å². The van der Waals surface area contributed by atoms with Gasteiger partial charge in [0, 0.05) is 40.7 Å². The smallest absolute Gasteiger partial charge is 0.410 e. The van der Waals surface area contributed by atoms with Crippen LogP contribution >= 0.6 is 11.6 Å². The van der Waals surface area contributed by atoms with Crippen LogP contribution in [0.25, 0.3) is 11.1 Å². The molecule has 348 valence electrons. The lowest BCUT2D eigenvalue weighted by molar-refractivity contribution is -0.0572. The lowest BCUT2D eigenvalue weighted by atomic mass is 9.86. The lowest BCUT2D eigenvalue weighted by Crippen LogP contribution is -2.55. The van der Waals surface area contributed by atoms with Crippen molar-refractivity contribution in [3.63, 3.8) is 0 Å². The monoisotopic (exact) mass is 914 g/mol. The molecule has 3 N–H and O–H groups in total. The van der Waals surface area contributed by atoms with Gasteiger partial charge in [0.1, 0.15) is 24.4 Å². The van der Waals surface area contributed by atoms with Crippen molar-refractivity contribution in [3.05, 3.63) is 124 Å². The Morgan fingerprint density at radius 1 is 0.831 bits per heavy atom. The van der Waals surface area contributed by atoms with Crippen molar-refractivity contribution < 1.29 is 47.3 Å². The fourth-order valence-corrected chi connectivity index (χ4v) is 8.15. The Kier molecular flexibility index (Phi) is 16.0. The maximum absolute atomic E-state index is 16.7. The van der Waals surface area contributed by atoms with Crippen LogP contribution in [0.3, 0.4) is 0 Å². The van der Waals surface area contributed by atoms with Gasteiger partial charge in [0.05, 0.1) is 31.4 Å². The van der Waals surface area contributed by atoms with Gasteiger partial charge in [-0.05, 0) is 108 Å². The van der Waals surface area contributed by atoms with Crippen LogP contribution in [-0.4, -0.2) is 96.2 Å². The number of amides is 4. The van der Waals surface area contributed by atoms with E-state index < -0.39 is 47.1 Å². The average molecular weight is 915 g/mol. The van der Waals surface area contributed by atoms with E-state index >= 15 is 4.39 Å². The van der Waals surface area contributed by atoms with Gasteiger partial charge in [-0.15, -0.1) is 0 Å². The summed E-state index contributed by atoms with van der Waals surface area (Å²) in [4.78, 5) is 55.3.